The Hall–Kier alpha value is -1.14. The number of aliphatic hydroxyl groups excluding tert-OH is 1. The van der Waals surface area contributed by atoms with Gasteiger partial charge in [-0.25, -0.2) is 0 Å². The predicted octanol–water partition coefficient (Wildman–Crippen LogP) is 1.80. The van der Waals surface area contributed by atoms with Gasteiger partial charge in [0.25, 0.3) is 0 Å². The lowest BCUT2D eigenvalue weighted by atomic mass is 9.93. The summed E-state index contributed by atoms with van der Waals surface area (Å²) < 4.78 is 10.3. The first-order valence-electron chi connectivity index (χ1n) is 7.63. The molecule has 122 valence electrons. The Morgan fingerprint density at radius 2 is 2.00 bits per heavy atom. The molecule has 2 N–H and O–H groups in total. The van der Waals surface area contributed by atoms with Crippen LogP contribution in [-0.2, 0) is 19.1 Å². The first kappa shape index (κ1) is 17.9. The van der Waals surface area contributed by atoms with Gasteiger partial charge in [-0.3, -0.25) is 9.59 Å². The van der Waals surface area contributed by atoms with Gasteiger partial charge in [-0.2, -0.15) is 0 Å². The largest absolute Gasteiger partial charge is 0.481 e. The molecule has 6 heteroatoms. The lowest BCUT2D eigenvalue weighted by Gasteiger charge is -2.19. The van der Waals surface area contributed by atoms with Crippen molar-refractivity contribution >= 4 is 11.9 Å². The van der Waals surface area contributed by atoms with Crippen LogP contribution >= 0.6 is 0 Å². The van der Waals surface area contributed by atoms with E-state index in [2.05, 4.69) is 0 Å². The van der Waals surface area contributed by atoms with Crippen molar-refractivity contribution in [3.05, 3.63) is 0 Å². The number of ether oxygens (including phenoxy) is 2. The van der Waals surface area contributed by atoms with Gasteiger partial charge in [-0.05, 0) is 25.2 Å². The summed E-state index contributed by atoms with van der Waals surface area (Å²) in [6.07, 6.45) is 2.28. The second-order valence-corrected chi connectivity index (χ2v) is 5.71. The van der Waals surface area contributed by atoms with Crippen molar-refractivity contribution in [1.82, 2.24) is 0 Å². The highest BCUT2D eigenvalue weighted by Crippen LogP contribution is 2.34. The minimum atomic E-state index is -0.875. The van der Waals surface area contributed by atoms with E-state index in [0.717, 1.165) is 19.3 Å². The molecule has 0 heterocycles. The highest BCUT2D eigenvalue weighted by Gasteiger charge is 2.35. The summed E-state index contributed by atoms with van der Waals surface area (Å²) in [6.45, 7) is 4.07. The Bertz CT molecular complexity index is 343. The molecular formula is C15H26O6. The molecule has 0 aromatic heterocycles. The fourth-order valence-corrected chi connectivity index (χ4v) is 2.60. The van der Waals surface area contributed by atoms with Crippen LogP contribution in [0, 0.1) is 17.8 Å². The third-order valence-corrected chi connectivity index (χ3v) is 4.15. The van der Waals surface area contributed by atoms with Gasteiger partial charge in [0.1, 0.15) is 6.61 Å². The van der Waals surface area contributed by atoms with E-state index in [1.807, 2.05) is 13.8 Å². The fourth-order valence-electron chi connectivity index (χ4n) is 2.60. The standard InChI is InChI=1S/C15H26O6/c1-3-10(2)14(18)20-7-8-21-15(19)12-6-4-5-11(12)9-13(16)17/h10-12,14,18H,3-9H2,1-2H3,(H,16,17)/t10?,11?,12?,14-/m1/s1. The number of aliphatic hydroxyl groups is 1. The van der Waals surface area contributed by atoms with Crippen molar-refractivity contribution in [2.75, 3.05) is 13.2 Å². The summed E-state index contributed by atoms with van der Waals surface area (Å²) in [5.41, 5.74) is 0. The maximum atomic E-state index is 11.9. The van der Waals surface area contributed by atoms with Gasteiger partial charge in [0, 0.05) is 12.3 Å². The second kappa shape index (κ2) is 9.00. The van der Waals surface area contributed by atoms with E-state index in [1.54, 1.807) is 0 Å². The number of esters is 1. The number of carbonyl (C=O) groups excluding carboxylic acids is 1. The summed E-state index contributed by atoms with van der Waals surface area (Å²) in [6, 6.07) is 0. The van der Waals surface area contributed by atoms with Crippen LogP contribution < -0.4 is 0 Å². The van der Waals surface area contributed by atoms with Gasteiger partial charge in [0.05, 0.1) is 12.5 Å². The van der Waals surface area contributed by atoms with E-state index in [9.17, 15) is 14.7 Å². The van der Waals surface area contributed by atoms with E-state index in [4.69, 9.17) is 14.6 Å². The van der Waals surface area contributed by atoms with Crippen LogP contribution in [-0.4, -0.2) is 41.7 Å². The van der Waals surface area contributed by atoms with Crippen LogP contribution in [0.15, 0.2) is 0 Å². The summed E-state index contributed by atoms with van der Waals surface area (Å²) >= 11 is 0. The third kappa shape index (κ3) is 6.01. The van der Waals surface area contributed by atoms with Gasteiger partial charge in [0.15, 0.2) is 6.29 Å². The monoisotopic (exact) mass is 302 g/mol. The Balaban J connectivity index is 2.25. The van der Waals surface area contributed by atoms with Gasteiger partial charge in [-0.1, -0.05) is 20.3 Å². The average Bonchev–Trinajstić information content (AvgIpc) is 2.89. The molecule has 0 bridgehead atoms. The molecule has 0 radical (unpaired) electrons. The average molecular weight is 302 g/mol. The molecule has 3 unspecified atom stereocenters. The van der Waals surface area contributed by atoms with Crippen LogP contribution in [0.2, 0.25) is 0 Å². The van der Waals surface area contributed by atoms with Gasteiger partial charge in [-0.15, -0.1) is 0 Å². The van der Waals surface area contributed by atoms with Crippen LogP contribution in [0.25, 0.3) is 0 Å². The van der Waals surface area contributed by atoms with Crippen LogP contribution in [0.4, 0.5) is 0 Å². The van der Waals surface area contributed by atoms with Crippen molar-refractivity contribution in [3.63, 3.8) is 0 Å². The maximum Gasteiger partial charge on any atom is 0.309 e. The zero-order chi connectivity index (χ0) is 15.8. The molecule has 4 atom stereocenters. The first-order valence-corrected chi connectivity index (χ1v) is 7.63. The quantitative estimate of drug-likeness (QED) is 0.383. The molecule has 6 nitrogen and oxygen atoms in total. The van der Waals surface area contributed by atoms with E-state index in [0.29, 0.717) is 6.42 Å². The molecule has 0 aromatic carbocycles. The lowest BCUT2D eigenvalue weighted by Crippen LogP contribution is -2.26. The molecule has 1 aliphatic carbocycles. The predicted molar refractivity (Wildman–Crippen MR) is 75.5 cm³/mol. The Morgan fingerprint density at radius 3 is 2.62 bits per heavy atom. The van der Waals surface area contributed by atoms with Crippen molar-refractivity contribution in [2.24, 2.45) is 17.8 Å². The summed E-state index contributed by atoms with van der Waals surface area (Å²) in [7, 11) is 0. The zero-order valence-electron chi connectivity index (χ0n) is 12.8. The topological polar surface area (TPSA) is 93.1 Å². The highest BCUT2D eigenvalue weighted by molar-refractivity contribution is 5.75. The number of carboxylic acid groups (broad SMARTS) is 1. The van der Waals surface area contributed by atoms with E-state index in [-0.39, 0.29) is 43.4 Å². The normalized spacial score (nSPS) is 24.5. The molecular weight excluding hydrogens is 276 g/mol. The van der Waals surface area contributed by atoms with Gasteiger partial charge in [0.2, 0.25) is 0 Å². The highest BCUT2D eigenvalue weighted by atomic mass is 16.6. The van der Waals surface area contributed by atoms with E-state index in [1.165, 1.54) is 0 Å². The molecule has 1 rings (SSSR count). The van der Waals surface area contributed by atoms with Crippen molar-refractivity contribution in [3.8, 4) is 0 Å². The number of hydrogen-bond acceptors (Lipinski definition) is 5. The number of rotatable bonds is 9. The molecule has 1 saturated carbocycles. The van der Waals surface area contributed by atoms with Crippen LogP contribution in [0.1, 0.15) is 46.0 Å². The van der Waals surface area contributed by atoms with Gasteiger partial charge < -0.3 is 19.7 Å². The summed E-state index contributed by atoms with van der Waals surface area (Å²) in [4.78, 5) is 22.7. The van der Waals surface area contributed by atoms with Crippen LogP contribution in [0.5, 0.6) is 0 Å². The minimum absolute atomic E-state index is 0.0169. The molecule has 0 spiro atoms. The number of carboxylic acids is 1. The lowest BCUT2D eigenvalue weighted by molar-refractivity contribution is -0.162. The molecule has 21 heavy (non-hydrogen) atoms. The van der Waals surface area contributed by atoms with Crippen molar-refractivity contribution in [2.45, 2.75) is 52.2 Å². The SMILES string of the molecule is CCC(C)[C@H](O)OCCOC(=O)C1CCCC1CC(=O)O. The smallest absolute Gasteiger partial charge is 0.309 e. The number of carbonyl (C=O) groups is 2. The third-order valence-electron chi connectivity index (χ3n) is 4.15. The second-order valence-electron chi connectivity index (χ2n) is 5.71. The van der Waals surface area contributed by atoms with Crippen molar-refractivity contribution < 1.29 is 29.3 Å². The van der Waals surface area contributed by atoms with Crippen molar-refractivity contribution in [1.29, 1.82) is 0 Å². The summed E-state index contributed by atoms with van der Waals surface area (Å²) in [5.74, 6) is -1.63. The Labute approximate surface area is 125 Å². The Morgan fingerprint density at radius 1 is 1.29 bits per heavy atom. The van der Waals surface area contributed by atoms with Crippen LogP contribution in [0.3, 0.4) is 0 Å². The summed E-state index contributed by atoms with van der Waals surface area (Å²) in [5, 5.41) is 18.4. The first-order chi connectivity index (χ1) is 9.95. The van der Waals surface area contributed by atoms with Gasteiger partial charge >= 0.3 is 11.9 Å². The zero-order valence-corrected chi connectivity index (χ0v) is 12.8. The number of hydrogen-bond donors (Lipinski definition) is 2. The molecule has 0 saturated heterocycles. The molecule has 0 amide bonds. The minimum Gasteiger partial charge on any atom is -0.481 e. The Kier molecular flexibility index (Phi) is 7.67. The maximum absolute atomic E-state index is 11.9. The molecule has 1 aliphatic rings. The molecule has 0 aliphatic heterocycles. The number of aliphatic carboxylic acids is 1. The molecule has 1 fully saturated rings. The fraction of sp³-hybridized carbons (Fsp3) is 0.867. The molecule has 0 aromatic rings. The van der Waals surface area contributed by atoms with E-state index >= 15 is 0 Å². The van der Waals surface area contributed by atoms with E-state index < -0.39 is 12.3 Å².